The van der Waals surface area contributed by atoms with Crippen LogP contribution in [0.25, 0.3) is 0 Å². The van der Waals surface area contributed by atoms with Crippen LogP contribution in [0.3, 0.4) is 0 Å². The molecule has 0 bridgehead atoms. The van der Waals surface area contributed by atoms with Crippen molar-refractivity contribution >= 4 is 39.1 Å². The van der Waals surface area contributed by atoms with Gasteiger partial charge in [-0.1, -0.05) is 0 Å². The first kappa shape index (κ1) is 8.71. The number of rotatable bonds is 1. The molecule has 2 heterocycles. The smallest absolute Gasteiger partial charge is 0.343 e. The van der Waals surface area contributed by atoms with E-state index in [9.17, 15) is 4.79 Å². The Morgan fingerprint density at radius 3 is 2.92 bits per heavy atom. The van der Waals surface area contributed by atoms with Crippen molar-refractivity contribution in [3.8, 4) is 0 Å². The maximum Gasteiger partial charge on any atom is 0.343 e. The molecule has 1 atom stereocenters. The molecule has 0 saturated carbocycles. The Labute approximate surface area is 87.0 Å². The summed E-state index contributed by atoms with van der Waals surface area (Å²) in [5, 5.41) is 4.59. The van der Waals surface area contributed by atoms with Crippen LogP contribution < -0.4 is 11.1 Å². The number of amidine groups is 1. The molecule has 1 aromatic rings. The van der Waals surface area contributed by atoms with E-state index in [0.29, 0.717) is 5.84 Å². The lowest BCUT2D eigenvalue weighted by molar-refractivity contribution is 0.250. The second-order valence-electron chi connectivity index (χ2n) is 2.55. The summed E-state index contributed by atoms with van der Waals surface area (Å²) in [6.45, 7) is 0. The molecular weight excluding hydrogens is 254 g/mol. The fraction of sp³-hybridized carbons (Fsp3) is 0.143. The maximum atomic E-state index is 10.9. The van der Waals surface area contributed by atoms with Crippen LogP contribution in [0.2, 0.25) is 0 Å². The van der Waals surface area contributed by atoms with E-state index in [4.69, 9.17) is 5.73 Å². The third-order valence-corrected chi connectivity index (χ3v) is 3.64. The second kappa shape index (κ2) is 3.12. The molecule has 0 spiro atoms. The van der Waals surface area contributed by atoms with Gasteiger partial charge >= 0.3 is 6.03 Å². The first-order valence-corrected chi connectivity index (χ1v) is 5.23. The van der Waals surface area contributed by atoms with E-state index in [1.165, 1.54) is 11.3 Å². The Morgan fingerprint density at radius 1 is 1.69 bits per heavy atom. The van der Waals surface area contributed by atoms with Gasteiger partial charge in [-0.05, 0) is 27.4 Å². The molecule has 0 aromatic carbocycles. The number of hydrogen-bond donors (Lipinski definition) is 2. The topological polar surface area (TPSA) is 67.5 Å². The average Bonchev–Trinajstić information content (AvgIpc) is 2.58. The van der Waals surface area contributed by atoms with Gasteiger partial charge in [-0.2, -0.15) is 4.99 Å². The number of carbonyl (C=O) groups excluding carboxylic acids is 1. The molecule has 2 amide bonds. The molecule has 0 radical (unpaired) electrons. The predicted octanol–water partition coefficient (Wildman–Crippen LogP) is 1.63. The number of nitrogens with two attached hydrogens (primary N) is 1. The van der Waals surface area contributed by atoms with Gasteiger partial charge in [-0.3, -0.25) is 0 Å². The van der Waals surface area contributed by atoms with Crippen molar-refractivity contribution in [3.63, 3.8) is 0 Å². The van der Waals surface area contributed by atoms with Crippen molar-refractivity contribution in [1.82, 2.24) is 5.32 Å². The molecule has 13 heavy (non-hydrogen) atoms. The van der Waals surface area contributed by atoms with Gasteiger partial charge in [0.05, 0.1) is 0 Å². The highest BCUT2D eigenvalue weighted by atomic mass is 79.9. The molecule has 1 aliphatic heterocycles. The number of halogens is 1. The lowest BCUT2D eigenvalue weighted by Crippen LogP contribution is -2.27. The van der Waals surface area contributed by atoms with Crippen molar-refractivity contribution in [2.45, 2.75) is 6.04 Å². The number of nitrogens with zero attached hydrogens (tertiary/aromatic N) is 1. The van der Waals surface area contributed by atoms with Gasteiger partial charge in [-0.15, -0.1) is 11.3 Å². The molecule has 1 aliphatic rings. The first-order valence-electron chi connectivity index (χ1n) is 3.56. The monoisotopic (exact) mass is 259 g/mol. The molecule has 4 nitrogen and oxygen atoms in total. The van der Waals surface area contributed by atoms with Gasteiger partial charge in [-0.25, -0.2) is 4.79 Å². The minimum Gasteiger partial charge on any atom is -0.385 e. The fourth-order valence-corrected chi connectivity index (χ4v) is 2.79. The molecule has 3 N–H and O–H groups in total. The van der Waals surface area contributed by atoms with Crippen molar-refractivity contribution < 1.29 is 4.79 Å². The standard InChI is InChI=1S/C7H6BrN3OS/c8-3-1-2-13-5(3)4-6(9)11-7(12)10-4/h1-2,4H,(H3,9,10,11,12). The number of nitrogens with one attached hydrogen (secondary N) is 1. The fourth-order valence-electron chi connectivity index (χ4n) is 1.12. The van der Waals surface area contributed by atoms with Crippen LogP contribution in [0.15, 0.2) is 20.9 Å². The van der Waals surface area contributed by atoms with Crippen LogP contribution in [0, 0.1) is 0 Å². The largest absolute Gasteiger partial charge is 0.385 e. The van der Waals surface area contributed by atoms with E-state index in [1.54, 1.807) is 0 Å². The molecule has 0 fully saturated rings. The van der Waals surface area contributed by atoms with Gasteiger partial charge in [0.2, 0.25) is 0 Å². The average molecular weight is 260 g/mol. The summed E-state index contributed by atoms with van der Waals surface area (Å²) in [4.78, 5) is 15.5. The summed E-state index contributed by atoms with van der Waals surface area (Å²) < 4.78 is 0.947. The van der Waals surface area contributed by atoms with E-state index < -0.39 is 0 Å². The van der Waals surface area contributed by atoms with Crippen LogP contribution in [-0.2, 0) is 0 Å². The van der Waals surface area contributed by atoms with Crippen LogP contribution in [0.1, 0.15) is 10.9 Å². The van der Waals surface area contributed by atoms with Crippen molar-refractivity contribution in [2.75, 3.05) is 0 Å². The highest BCUT2D eigenvalue weighted by Gasteiger charge is 2.27. The van der Waals surface area contributed by atoms with E-state index >= 15 is 0 Å². The SMILES string of the molecule is NC1=NC(=O)NC1c1sccc1Br. The lowest BCUT2D eigenvalue weighted by atomic mass is 10.2. The van der Waals surface area contributed by atoms with Gasteiger partial charge in [0.15, 0.2) is 0 Å². The highest BCUT2D eigenvalue weighted by molar-refractivity contribution is 9.10. The highest BCUT2D eigenvalue weighted by Crippen LogP contribution is 2.30. The molecule has 68 valence electrons. The number of aliphatic imine (C=N–C) groups is 1. The summed E-state index contributed by atoms with van der Waals surface area (Å²) in [7, 11) is 0. The third kappa shape index (κ3) is 1.47. The zero-order valence-corrected chi connectivity index (χ0v) is 8.85. The Bertz CT molecular complexity index is 387. The van der Waals surface area contributed by atoms with Crippen molar-refractivity contribution in [1.29, 1.82) is 0 Å². The zero-order valence-electron chi connectivity index (χ0n) is 6.45. The molecule has 1 unspecified atom stereocenters. The zero-order chi connectivity index (χ0) is 9.42. The predicted molar refractivity (Wildman–Crippen MR) is 54.9 cm³/mol. The summed E-state index contributed by atoms with van der Waals surface area (Å²) >= 11 is 4.90. The summed E-state index contributed by atoms with van der Waals surface area (Å²) in [6, 6.07) is 1.28. The van der Waals surface area contributed by atoms with Gasteiger partial charge < -0.3 is 11.1 Å². The lowest BCUT2D eigenvalue weighted by Gasteiger charge is -2.08. The minimum absolute atomic E-state index is 0.262. The summed E-state index contributed by atoms with van der Waals surface area (Å²) in [6.07, 6.45) is 0. The molecule has 1 aromatic heterocycles. The minimum atomic E-state index is -0.372. The molecule has 0 saturated heterocycles. The van der Waals surface area contributed by atoms with Crippen LogP contribution in [0.4, 0.5) is 4.79 Å². The van der Waals surface area contributed by atoms with Crippen LogP contribution in [0.5, 0.6) is 0 Å². The van der Waals surface area contributed by atoms with E-state index in [2.05, 4.69) is 26.2 Å². The molecular formula is C7H6BrN3OS. The maximum absolute atomic E-state index is 10.9. The molecule has 6 heteroatoms. The third-order valence-electron chi connectivity index (χ3n) is 1.70. The normalized spacial score (nSPS) is 21.5. The quantitative estimate of drug-likeness (QED) is 0.805. The van der Waals surface area contributed by atoms with Crippen LogP contribution >= 0.6 is 27.3 Å². The molecule has 2 rings (SSSR count). The Kier molecular flexibility index (Phi) is 2.09. The number of carbonyl (C=O) groups is 1. The van der Waals surface area contributed by atoms with Gasteiger partial charge in [0.25, 0.3) is 0 Å². The van der Waals surface area contributed by atoms with Crippen molar-refractivity contribution in [2.24, 2.45) is 10.7 Å². The van der Waals surface area contributed by atoms with Crippen LogP contribution in [-0.4, -0.2) is 11.9 Å². The van der Waals surface area contributed by atoms with Crippen molar-refractivity contribution in [3.05, 3.63) is 20.8 Å². The number of hydrogen-bond acceptors (Lipinski definition) is 3. The Balaban J connectivity index is 2.35. The molecule has 0 aliphatic carbocycles. The summed E-state index contributed by atoms with van der Waals surface area (Å²) in [5.41, 5.74) is 5.58. The van der Waals surface area contributed by atoms with E-state index in [-0.39, 0.29) is 12.1 Å². The second-order valence-corrected chi connectivity index (χ2v) is 4.35. The van der Waals surface area contributed by atoms with E-state index in [0.717, 1.165) is 9.35 Å². The van der Waals surface area contributed by atoms with Gasteiger partial charge in [0, 0.05) is 9.35 Å². The van der Waals surface area contributed by atoms with E-state index in [1.807, 2.05) is 11.4 Å². The Hall–Kier alpha value is -0.880. The first-order chi connectivity index (χ1) is 6.18. The number of urea groups is 1. The number of thiophene rings is 1. The number of amides is 2. The Morgan fingerprint density at radius 2 is 2.46 bits per heavy atom. The summed E-state index contributed by atoms with van der Waals surface area (Å²) in [5.74, 6) is 0.327. The van der Waals surface area contributed by atoms with Gasteiger partial charge in [0.1, 0.15) is 11.9 Å².